The number of amides is 2. The van der Waals surface area contributed by atoms with Crippen molar-refractivity contribution in [3.63, 3.8) is 0 Å². The quantitative estimate of drug-likeness (QED) is 0.759. The van der Waals surface area contributed by atoms with E-state index in [1.54, 1.807) is 18.7 Å². The molecule has 2 rings (SSSR count). The van der Waals surface area contributed by atoms with Gasteiger partial charge in [-0.2, -0.15) is 16.4 Å². The Morgan fingerprint density at radius 3 is 2.87 bits per heavy atom. The third-order valence-electron chi connectivity index (χ3n) is 3.53. The summed E-state index contributed by atoms with van der Waals surface area (Å²) < 4.78 is 1.65. The third kappa shape index (κ3) is 4.80. The molecule has 126 valence electrons. The average Bonchev–Trinajstić information content (AvgIpc) is 3.07. The number of carbonyl (C=O) groups excluding carboxylic acids is 1. The standard InChI is InChI=1S/C16H24N4O2S/c1-11(2)7-13-8-14(20(4)19-13)18-15(21)17-10-16(3,22)12-5-6-23-9-12/h5-6,8-9,11,22H,7,10H2,1-4H3,(H2,17,18,21)/t16-/m1/s1. The second-order valence-corrected chi connectivity index (χ2v) is 7.12. The number of hydrogen-bond acceptors (Lipinski definition) is 4. The maximum Gasteiger partial charge on any atom is 0.320 e. The molecule has 0 aliphatic heterocycles. The summed E-state index contributed by atoms with van der Waals surface area (Å²) >= 11 is 1.51. The number of hydrogen-bond donors (Lipinski definition) is 3. The zero-order chi connectivity index (χ0) is 17.0. The van der Waals surface area contributed by atoms with Gasteiger partial charge in [0.15, 0.2) is 0 Å². The smallest absolute Gasteiger partial charge is 0.320 e. The van der Waals surface area contributed by atoms with E-state index < -0.39 is 5.60 Å². The number of rotatable bonds is 6. The molecule has 3 N–H and O–H groups in total. The van der Waals surface area contributed by atoms with Crippen LogP contribution < -0.4 is 10.6 Å². The van der Waals surface area contributed by atoms with Crippen LogP contribution >= 0.6 is 11.3 Å². The first-order valence-electron chi connectivity index (χ1n) is 7.61. The van der Waals surface area contributed by atoms with Crippen molar-refractivity contribution in [2.24, 2.45) is 13.0 Å². The Balaban J connectivity index is 1.91. The summed E-state index contributed by atoms with van der Waals surface area (Å²) in [5.74, 6) is 1.14. The summed E-state index contributed by atoms with van der Waals surface area (Å²) in [6, 6.07) is 3.36. The summed E-state index contributed by atoms with van der Waals surface area (Å²) in [6.07, 6.45) is 0.865. The summed E-state index contributed by atoms with van der Waals surface area (Å²) in [7, 11) is 1.79. The molecule has 0 bridgehead atoms. The van der Waals surface area contributed by atoms with Crippen molar-refractivity contribution in [3.05, 3.63) is 34.2 Å². The van der Waals surface area contributed by atoms with E-state index >= 15 is 0 Å². The van der Waals surface area contributed by atoms with Crippen LogP contribution in [0.1, 0.15) is 32.0 Å². The molecule has 2 heterocycles. The van der Waals surface area contributed by atoms with Crippen molar-refractivity contribution < 1.29 is 9.90 Å². The van der Waals surface area contributed by atoms with Crippen LogP contribution in [0.3, 0.4) is 0 Å². The van der Waals surface area contributed by atoms with Gasteiger partial charge in [0, 0.05) is 13.1 Å². The van der Waals surface area contributed by atoms with Gasteiger partial charge in [0.05, 0.1) is 12.2 Å². The monoisotopic (exact) mass is 336 g/mol. The molecule has 1 atom stereocenters. The van der Waals surface area contributed by atoms with E-state index in [2.05, 4.69) is 29.6 Å². The maximum atomic E-state index is 12.0. The summed E-state index contributed by atoms with van der Waals surface area (Å²) in [4.78, 5) is 12.0. The molecule has 23 heavy (non-hydrogen) atoms. The van der Waals surface area contributed by atoms with Crippen LogP contribution in [0.25, 0.3) is 0 Å². The number of urea groups is 1. The fraction of sp³-hybridized carbons (Fsp3) is 0.500. The Kier molecular flexibility index (Phi) is 5.43. The topological polar surface area (TPSA) is 79.2 Å². The molecular weight excluding hydrogens is 312 g/mol. The number of nitrogens with zero attached hydrogens (tertiary/aromatic N) is 2. The van der Waals surface area contributed by atoms with Gasteiger partial charge >= 0.3 is 6.03 Å². The average molecular weight is 336 g/mol. The SMILES string of the molecule is CC(C)Cc1cc(NC(=O)NC[C@@](C)(O)c2ccsc2)n(C)n1. The lowest BCUT2D eigenvalue weighted by molar-refractivity contribution is 0.0604. The van der Waals surface area contributed by atoms with Crippen molar-refractivity contribution in [2.75, 3.05) is 11.9 Å². The normalized spacial score (nSPS) is 13.8. The molecule has 0 spiro atoms. The molecule has 2 aromatic heterocycles. The highest BCUT2D eigenvalue weighted by molar-refractivity contribution is 7.08. The zero-order valence-electron chi connectivity index (χ0n) is 14.0. The van der Waals surface area contributed by atoms with Crippen LogP contribution in [0.2, 0.25) is 0 Å². The van der Waals surface area contributed by atoms with Gasteiger partial charge in [-0.15, -0.1) is 0 Å². The van der Waals surface area contributed by atoms with Crippen LogP contribution in [0.4, 0.5) is 10.6 Å². The number of aromatic nitrogens is 2. The van der Waals surface area contributed by atoms with Crippen LogP contribution in [0.15, 0.2) is 22.9 Å². The number of aliphatic hydroxyl groups is 1. The molecule has 0 saturated heterocycles. The molecule has 0 fully saturated rings. The highest BCUT2D eigenvalue weighted by Crippen LogP contribution is 2.22. The van der Waals surface area contributed by atoms with E-state index in [0.29, 0.717) is 11.7 Å². The highest BCUT2D eigenvalue weighted by Gasteiger charge is 2.24. The van der Waals surface area contributed by atoms with Crippen LogP contribution in [-0.2, 0) is 19.1 Å². The minimum Gasteiger partial charge on any atom is -0.384 e. The van der Waals surface area contributed by atoms with Gasteiger partial charge < -0.3 is 10.4 Å². The Hall–Kier alpha value is -1.86. The van der Waals surface area contributed by atoms with Gasteiger partial charge in [0.1, 0.15) is 11.4 Å². The number of aryl methyl sites for hydroxylation is 1. The Morgan fingerprint density at radius 1 is 1.52 bits per heavy atom. The highest BCUT2D eigenvalue weighted by atomic mass is 32.1. The molecule has 6 nitrogen and oxygen atoms in total. The minimum absolute atomic E-state index is 0.131. The Bertz CT molecular complexity index is 647. The molecule has 0 unspecified atom stereocenters. The summed E-state index contributed by atoms with van der Waals surface area (Å²) in [5.41, 5.74) is 0.651. The second kappa shape index (κ2) is 7.14. The lowest BCUT2D eigenvalue weighted by Crippen LogP contribution is -2.40. The summed E-state index contributed by atoms with van der Waals surface area (Å²) in [5, 5.41) is 24.0. The molecule has 0 aliphatic rings. The number of nitrogens with one attached hydrogen (secondary N) is 2. The lowest BCUT2D eigenvalue weighted by Gasteiger charge is -2.22. The molecule has 0 aliphatic carbocycles. The van der Waals surface area contributed by atoms with Crippen LogP contribution in [-0.4, -0.2) is 27.5 Å². The van der Waals surface area contributed by atoms with Gasteiger partial charge in [0.2, 0.25) is 0 Å². The molecule has 0 aromatic carbocycles. The molecule has 7 heteroatoms. The zero-order valence-corrected chi connectivity index (χ0v) is 14.8. The number of carbonyl (C=O) groups is 1. The fourth-order valence-electron chi connectivity index (χ4n) is 2.25. The fourth-order valence-corrected chi connectivity index (χ4v) is 3.03. The minimum atomic E-state index is -1.09. The van der Waals surface area contributed by atoms with Gasteiger partial charge in [-0.05, 0) is 41.7 Å². The van der Waals surface area contributed by atoms with Crippen molar-refractivity contribution in [3.8, 4) is 0 Å². The van der Waals surface area contributed by atoms with Gasteiger partial charge in [0.25, 0.3) is 0 Å². The van der Waals surface area contributed by atoms with E-state index in [1.807, 2.05) is 22.9 Å². The number of thiophene rings is 1. The molecule has 0 saturated carbocycles. The van der Waals surface area contributed by atoms with E-state index in [-0.39, 0.29) is 12.6 Å². The maximum absolute atomic E-state index is 12.0. The Labute approximate surface area is 140 Å². The van der Waals surface area contributed by atoms with Crippen molar-refractivity contribution in [2.45, 2.75) is 32.8 Å². The van der Waals surface area contributed by atoms with Crippen LogP contribution in [0, 0.1) is 5.92 Å². The van der Waals surface area contributed by atoms with Crippen molar-refractivity contribution in [1.82, 2.24) is 15.1 Å². The van der Waals surface area contributed by atoms with E-state index in [1.165, 1.54) is 11.3 Å². The van der Waals surface area contributed by atoms with E-state index in [4.69, 9.17) is 0 Å². The molecular formula is C16H24N4O2S. The summed E-state index contributed by atoms with van der Waals surface area (Å²) in [6.45, 7) is 6.06. The van der Waals surface area contributed by atoms with Crippen LogP contribution in [0.5, 0.6) is 0 Å². The first-order valence-corrected chi connectivity index (χ1v) is 8.55. The van der Waals surface area contributed by atoms with Crippen molar-refractivity contribution >= 4 is 23.2 Å². The lowest BCUT2D eigenvalue weighted by atomic mass is 9.99. The largest absolute Gasteiger partial charge is 0.384 e. The molecule has 2 amide bonds. The molecule has 2 aromatic rings. The molecule has 0 radical (unpaired) electrons. The predicted octanol–water partition coefficient (Wildman–Crippen LogP) is 2.71. The number of anilines is 1. The van der Waals surface area contributed by atoms with Gasteiger partial charge in [-0.25, -0.2) is 4.79 Å². The first-order chi connectivity index (χ1) is 10.8. The van der Waals surface area contributed by atoms with Gasteiger partial charge in [-0.3, -0.25) is 10.00 Å². The second-order valence-electron chi connectivity index (χ2n) is 6.34. The van der Waals surface area contributed by atoms with Gasteiger partial charge in [-0.1, -0.05) is 13.8 Å². The Morgan fingerprint density at radius 2 is 2.26 bits per heavy atom. The first kappa shape index (κ1) is 17.5. The van der Waals surface area contributed by atoms with Crippen molar-refractivity contribution in [1.29, 1.82) is 0 Å². The van der Waals surface area contributed by atoms with E-state index in [9.17, 15) is 9.90 Å². The third-order valence-corrected chi connectivity index (χ3v) is 4.21. The van der Waals surface area contributed by atoms with E-state index in [0.717, 1.165) is 17.7 Å². The predicted molar refractivity (Wildman–Crippen MR) is 92.7 cm³/mol.